The van der Waals surface area contributed by atoms with E-state index in [0.717, 1.165) is 18.4 Å². The first-order chi connectivity index (χ1) is 7.75. The summed E-state index contributed by atoms with van der Waals surface area (Å²) in [5.41, 5.74) is -1.41. The molecule has 3 aliphatic rings. The van der Waals surface area contributed by atoms with E-state index in [1.165, 1.54) is 0 Å². The van der Waals surface area contributed by atoms with Crippen LogP contribution in [-0.2, 0) is 4.79 Å². The Bertz CT molecular complexity index is 431. The van der Waals surface area contributed by atoms with Gasteiger partial charge < -0.3 is 10.2 Å². The van der Waals surface area contributed by atoms with Crippen LogP contribution in [0.15, 0.2) is 11.6 Å². The van der Waals surface area contributed by atoms with Crippen molar-refractivity contribution in [1.29, 1.82) is 0 Å². The maximum atomic E-state index is 12.2. The summed E-state index contributed by atoms with van der Waals surface area (Å²) in [6, 6.07) is 0. The molecule has 0 aliphatic heterocycles. The summed E-state index contributed by atoms with van der Waals surface area (Å²) in [5.74, 6) is -0.779. The molecule has 3 nitrogen and oxygen atoms in total. The SMILES string of the molecule is CC1=C[C@]2(O)CC(C)C(=O)C2[C@](C)(O)C12CC2. The van der Waals surface area contributed by atoms with Gasteiger partial charge in [-0.2, -0.15) is 0 Å². The van der Waals surface area contributed by atoms with Crippen LogP contribution in [0.2, 0.25) is 0 Å². The van der Waals surface area contributed by atoms with E-state index in [1.54, 1.807) is 6.92 Å². The van der Waals surface area contributed by atoms with Crippen LogP contribution in [0.3, 0.4) is 0 Å². The molecule has 0 aromatic rings. The van der Waals surface area contributed by atoms with Crippen LogP contribution >= 0.6 is 0 Å². The van der Waals surface area contributed by atoms with Gasteiger partial charge in [0.1, 0.15) is 5.78 Å². The molecule has 0 radical (unpaired) electrons. The van der Waals surface area contributed by atoms with E-state index in [-0.39, 0.29) is 17.1 Å². The Labute approximate surface area is 102 Å². The normalized spacial score (nSPS) is 51.4. The molecule has 2 unspecified atom stereocenters. The van der Waals surface area contributed by atoms with Crippen LogP contribution in [0.25, 0.3) is 0 Å². The summed E-state index contributed by atoms with van der Waals surface area (Å²) >= 11 is 0. The number of hydrogen-bond acceptors (Lipinski definition) is 3. The number of carbonyl (C=O) groups excluding carboxylic acids is 1. The zero-order chi connectivity index (χ0) is 12.6. The van der Waals surface area contributed by atoms with Crippen molar-refractivity contribution in [2.75, 3.05) is 0 Å². The number of ketones is 1. The molecule has 4 atom stereocenters. The van der Waals surface area contributed by atoms with Crippen molar-refractivity contribution in [2.45, 2.75) is 51.2 Å². The zero-order valence-electron chi connectivity index (χ0n) is 10.7. The van der Waals surface area contributed by atoms with E-state index in [4.69, 9.17) is 0 Å². The van der Waals surface area contributed by atoms with Crippen LogP contribution in [0, 0.1) is 17.3 Å². The summed E-state index contributed by atoms with van der Waals surface area (Å²) in [6.07, 6.45) is 4.15. The smallest absolute Gasteiger partial charge is 0.145 e. The highest BCUT2D eigenvalue weighted by Crippen LogP contribution is 2.67. The van der Waals surface area contributed by atoms with Gasteiger partial charge in [0.2, 0.25) is 0 Å². The average Bonchev–Trinajstić information content (AvgIpc) is 2.91. The van der Waals surface area contributed by atoms with Crippen LogP contribution in [0.1, 0.15) is 40.0 Å². The molecule has 2 fully saturated rings. The van der Waals surface area contributed by atoms with E-state index in [1.807, 2.05) is 19.9 Å². The van der Waals surface area contributed by atoms with Gasteiger partial charge in [-0.25, -0.2) is 0 Å². The average molecular weight is 236 g/mol. The van der Waals surface area contributed by atoms with Gasteiger partial charge in [-0.05, 0) is 33.1 Å². The molecule has 2 N–H and O–H groups in total. The highest BCUT2D eigenvalue weighted by atomic mass is 16.3. The molecular weight excluding hydrogens is 216 g/mol. The summed E-state index contributed by atoms with van der Waals surface area (Å²) in [7, 11) is 0. The lowest BCUT2D eigenvalue weighted by molar-refractivity contribution is -0.151. The second kappa shape index (κ2) is 2.83. The van der Waals surface area contributed by atoms with Gasteiger partial charge in [0.25, 0.3) is 0 Å². The Hall–Kier alpha value is -0.670. The molecule has 17 heavy (non-hydrogen) atoms. The van der Waals surface area contributed by atoms with Crippen LogP contribution in [-0.4, -0.2) is 27.2 Å². The lowest BCUT2D eigenvalue weighted by atomic mass is 9.62. The topological polar surface area (TPSA) is 57.5 Å². The van der Waals surface area contributed by atoms with Crippen molar-refractivity contribution in [2.24, 2.45) is 17.3 Å². The largest absolute Gasteiger partial charge is 0.388 e. The molecule has 3 aliphatic carbocycles. The van der Waals surface area contributed by atoms with E-state index >= 15 is 0 Å². The number of aliphatic hydroxyl groups is 2. The second-order valence-corrected chi connectivity index (χ2v) is 6.49. The summed E-state index contributed by atoms with van der Waals surface area (Å²) in [4.78, 5) is 12.2. The van der Waals surface area contributed by atoms with Crippen LogP contribution in [0.5, 0.6) is 0 Å². The Morgan fingerprint density at radius 1 is 1.35 bits per heavy atom. The van der Waals surface area contributed by atoms with Gasteiger partial charge >= 0.3 is 0 Å². The molecule has 3 rings (SSSR count). The number of Topliss-reactive ketones (excluding diaryl/α,β-unsaturated/α-hetero) is 1. The predicted molar refractivity (Wildman–Crippen MR) is 63.3 cm³/mol. The zero-order valence-corrected chi connectivity index (χ0v) is 10.7. The van der Waals surface area contributed by atoms with Crippen molar-refractivity contribution < 1.29 is 15.0 Å². The molecule has 2 saturated carbocycles. The van der Waals surface area contributed by atoms with E-state index in [0.29, 0.717) is 6.42 Å². The number of rotatable bonds is 0. The number of fused-ring (bicyclic) bond motifs is 1. The molecule has 0 amide bonds. The fourth-order valence-corrected chi connectivity index (χ4v) is 4.36. The molecule has 0 aromatic carbocycles. The van der Waals surface area contributed by atoms with E-state index < -0.39 is 17.1 Å². The van der Waals surface area contributed by atoms with Crippen molar-refractivity contribution in [1.82, 2.24) is 0 Å². The van der Waals surface area contributed by atoms with Crippen LogP contribution < -0.4 is 0 Å². The molecule has 0 saturated heterocycles. The predicted octanol–water partition coefficient (Wildman–Crippen LogP) is 1.43. The van der Waals surface area contributed by atoms with Gasteiger partial charge in [0, 0.05) is 11.3 Å². The Balaban J connectivity index is 2.18. The maximum absolute atomic E-state index is 12.2. The molecular formula is C14H20O3. The minimum absolute atomic E-state index is 0.0209. The van der Waals surface area contributed by atoms with E-state index in [2.05, 4.69) is 0 Å². The Kier molecular flexibility index (Phi) is 1.90. The third-order valence-electron chi connectivity index (χ3n) is 5.41. The third-order valence-corrected chi connectivity index (χ3v) is 5.41. The highest BCUT2D eigenvalue weighted by Gasteiger charge is 2.70. The summed E-state index contributed by atoms with van der Waals surface area (Å²) in [6.45, 7) is 5.56. The minimum Gasteiger partial charge on any atom is -0.388 e. The monoisotopic (exact) mass is 236 g/mol. The Morgan fingerprint density at radius 2 is 1.94 bits per heavy atom. The van der Waals surface area contributed by atoms with Gasteiger partial charge in [-0.3, -0.25) is 4.79 Å². The van der Waals surface area contributed by atoms with E-state index in [9.17, 15) is 15.0 Å². The van der Waals surface area contributed by atoms with Gasteiger partial charge in [0.15, 0.2) is 0 Å². The van der Waals surface area contributed by atoms with Crippen molar-refractivity contribution in [3.63, 3.8) is 0 Å². The first-order valence-electron chi connectivity index (χ1n) is 6.43. The minimum atomic E-state index is -1.13. The van der Waals surface area contributed by atoms with Gasteiger partial charge in [-0.1, -0.05) is 18.6 Å². The van der Waals surface area contributed by atoms with Crippen molar-refractivity contribution in [3.8, 4) is 0 Å². The highest BCUT2D eigenvalue weighted by molar-refractivity contribution is 5.89. The lowest BCUT2D eigenvalue weighted by Crippen LogP contribution is -2.57. The van der Waals surface area contributed by atoms with Gasteiger partial charge in [-0.15, -0.1) is 0 Å². The first kappa shape index (κ1) is 11.4. The quantitative estimate of drug-likeness (QED) is 0.626. The first-order valence-corrected chi connectivity index (χ1v) is 6.43. The molecule has 0 heterocycles. The molecule has 3 heteroatoms. The number of hydrogen-bond donors (Lipinski definition) is 2. The van der Waals surface area contributed by atoms with Crippen molar-refractivity contribution in [3.05, 3.63) is 11.6 Å². The fourth-order valence-electron chi connectivity index (χ4n) is 4.36. The maximum Gasteiger partial charge on any atom is 0.145 e. The Morgan fingerprint density at radius 3 is 2.47 bits per heavy atom. The third kappa shape index (κ3) is 1.12. The molecule has 0 bridgehead atoms. The summed E-state index contributed by atoms with van der Waals surface area (Å²) < 4.78 is 0. The molecule has 0 aromatic heterocycles. The van der Waals surface area contributed by atoms with Crippen molar-refractivity contribution >= 4 is 5.78 Å². The standard InChI is InChI=1S/C14H20O3/c1-8-6-14(17)7-9(2)13(4-5-13)12(3,16)11(14)10(8)15/h7-8,11,16-17H,4-6H2,1-3H3/t8?,11?,12-,14+/m0/s1. The lowest BCUT2D eigenvalue weighted by Gasteiger charge is -2.47. The second-order valence-electron chi connectivity index (χ2n) is 6.49. The summed E-state index contributed by atoms with van der Waals surface area (Å²) in [5, 5.41) is 21.5. The van der Waals surface area contributed by atoms with Crippen LogP contribution in [0.4, 0.5) is 0 Å². The van der Waals surface area contributed by atoms with Gasteiger partial charge in [0.05, 0.1) is 17.1 Å². The number of carbonyl (C=O) groups is 1. The molecule has 1 spiro atoms. The fraction of sp³-hybridized carbons (Fsp3) is 0.786. The molecule has 94 valence electrons.